The third-order valence-corrected chi connectivity index (χ3v) is 2.26. The molecule has 1 unspecified atom stereocenters. The quantitative estimate of drug-likeness (QED) is 0.616. The molecule has 0 saturated heterocycles. The first kappa shape index (κ1) is 11.0. The fourth-order valence-corrected chi connectivity index (χ4v) is 1.28. The lowest BCUT2D eigenvalue weighted by Gasteiger charge is -2.13. The van der Waals surface area contributed by atoms with E-state index in [0.29, 0.717) is 6.04 Å². The average Bonchev–Trinajstić information content (AvgIpc) is 2.17. The summed E-state index contributed by atoms with van der Waals surface area (Å²) in [4.78, 5) is 0. The maximum absolute atomic E-state index is 8.72. The second-order valence-corrected chi connectivity index (χ2v) is 3.49. The number of anilines is 1. The van der Waals surface area contributed by atoms with Crippen molar-refractivity contribution in [1.82, 2.24) is 5.32 Å². The molecule has 14 heavy (non-hydrogen) atoms. The summed E-state index contributed by atoms with van der Waals surface area (Å²) in [6.07, 6.45) is 0.771. The summed E-state index contributed by atoms with van der Waals surface area (Å²) in [6, 6.07) is 8.13. The molecule has 1 rings (SSSR count). The van der Waals surface area contributed by atoms with E-state index in [0.717, 1.165) is 24.2 Å². The van der Waals surface area contributed by atoms with Crippen LogP contribution in [0.15, 0.2) is 24.3 Å². The molecule has 0 bridgehead atoms. The molecule has 0 fully saturated rings. The van der Waals surface area contributed by atoms with Gasteiger partial charge < -0.3 is 16.2 Å². The highest BCUT2D eigenvalue weighted by molar-refractivity contribution is 5.46. The summed E-state index contributed by atoms with van der Waals surface area (Å²) < 4.78 is 0. The first-order valence-corrected chi connectivity index (χ1v) is 4.91. The topological polar surface area (TPSA) is 58.3 Å². The van der Waals surface area contributed by atoms with Gasteiger partial charge in [-0.3, -0.25) is 0 Å². The molecule has 0 heterocycles. The van der Waals surface area contributed by atoms with Crippen molar-refractivity contribution in [1.29, 1.82) is 0 Å². The summed E-state index contributed by atoms with van der Waals surface area (Å²) in [5, 5.41) is 12.0. The molecule has 3 nitrogen and oxygen atoms in total. The van der Waals surface area contributed by atoms with Gasteiger partial charge in [0.2, 0.25) is 0 Å². The van der Waals surface area contributed by atoms with E-state index in [2.05, 4.69) is 12.2 Å². The second-order valence-electron chi connectivity index (χ2n) is 3.49. The molecule has 3 heteroatoms. The number of aliphatic hydroxyl groups excluding tert-OH is 1. The number of hydrogen-bond donors (Lipinski definition) is 3. The number of para-hydroxylation sites is 1. The lowest BCUT2D eigenvalue weighted by Crippen LogP contribution is -2.26. The predicted octanol–water partition coefficient (Wildman–Crippen LogP) is 1.13. The van der Waals surface area contributed by atoms with E-state index < -0.39 is 0 Å². The number of nitrogens with two attached hydrogens (primary N) is 1. The highest BCUT2D eigenvalue weighted by Gasteiger charge is 2.01. The highest BCUT2D eigenvalue weighted by atomic mass is 16.3. The third kappa shape index (κ3) is 3.36. The van der Waals surface area contributed by atoms with Crippen LogP contribution < -0.4 is 11.1 Å². The molecule has 78 valence electrons. The molecule has 1 atom stereocenters. The van der Waals surface area contributed by atoms with Crippen LogP contribution in [0.25, 0.3) is 0 Å². The molecule has 0 radical (unpaired) electrons. The number of aliphatic hydroxyl groups is 1. The maximum atomic E-state index is 8.72. The van der Waals surface area contributed by atoms with Gasteiger partial charge in [0.1, 0.15) is 0 Å². The molecule has 1 aromatic carbocycles. The van der Waals surface area contributed by atoms with E-state index in [4.69, 9.17) is 10.8 Å². The van der Waals surface area contributed by atoms with Crippen LogP contribution in [0.2, 0.25) is 0 Å². The Morgan fingerprint density at radius 2 is 2.14 bits per heavy atom. The van der Waals surface area contributed by atoms with Crippen LogP contribution >= 0.6 is 0 Å². The van der Waals surface area contributed by atoms with Crippen molar-refractivity contribution in [2.45, 2.75) is 25.9 Å². The Balaban J connectivity index is 2.41. The molecular weight excluding hydrogens is 176 g/mol. The zero-order chi connectivity index (χ0) is 10.4. The van der Waals surface area contributed by atoms with Crippen molar-refractivity contribution in [3.63, 3.8) is 0 Å². The lowest BCUT2D eigenvalue weighted by atomic mass is 10.1. The highest BCUT2D eigenvalue weighted by Crippen LogP contribution is 2.10. The second kappa shape index (κ2) is 5.62. The standard InChI is InChI=1S/C11H18N2O/c1-9(6-7-14)13-8-10-4-2-3-5-11(10)12/h2-5,9,13-14H,6-8,12H2,1H3. The van der Waals surface area contributed by atoms with Crippen LogP contribution in [0, 0.1) is 0 Å². The molecule has 0 aliphatic rings. The monoisotopic (exact) mass is 194 g/mol. The SMILES string of the molecule is CC(CCO)NCc1ccccc1N. The van der Waals surface area contributed by atoms with Crippen molar-refractivity contribution < 1.29 is 5.11 Å². The molecule has 0 aromatic heterocycles. The van der Waals surface area contributed by atoms with Crippen LogP contribution in [0.1, 0.15) is 18.9 Å². The predicted molar refractivity (Wildman–Crippen MR) is 58.9 cm³/mol. The molecule has 0 aliphatic heterocycles. The Bertz CT molecular complexity index is 276. The first-order chi connectivity index (χ1) is 6.74. The Morgan fingerprint density at radius 1 is 1.43 bits per heavy atom. The van der Waals surface area contributed by atoms with E-state index in [1.807, 2.05) is 24.3 Å². The van der Waals surface area contributed by atoms with Crippen LogP contribution in [0.5, 0.6) is 0 Å². The summed E-state index contributed by atoms with van der Waals surface area (Å²) >= 11 is 0. The molecule has 0 aliphatic carbocycles. The van der Waals surface area contributed by atoms with Crippen molar-refractivity contribution in [2.24, 2.45) is 0 Å². The van der Waals surface area contributed by atoms with Gasteiger partial charge in [-0.1, -0.05) is 18.2 Å². The number of nitrogen functional groups attached to an aromatic ring is 1. The Morgan fingerprint density at radius 3 is 2.79 bits per heavy atom. The van der Waals surface area contributed by atoms with E-state index in [1.165, 1.54) is 0 Å². The number of nitrogens with one attached hydrogen (secondary N) is 1. The van der Waals surface area contributed by atoms with Gasteiger partial charge in [-0.15, -0.1) is 0 Å². The van der Waals surface area contributed by atoms with E-state index in [1.54, 1.807) is 0 Å². The first-order valence-electron chi connectivity index (χ1n) is 4.91. The fourth-order valence-electron chi connectivity index (χ4n) is 1.28. The smallest absolute Gasteiger partial charge is 0.0445 e. The Hall–Kier alpha value is -1.06. The molecule has 0 amide bonds. The van der Waals surface area contributed by atoms with Crippen LogP contribution in [-0.4, -0.2) is 17.8 Å². The molecular formula is C11H18N2O. The number of hydrogen-bond acceptors (Lipinski definition) is 3. The molecule has 1 aromatic rings. The Kier molecular flexibility index (Phi) is 4.43. The Labute approximate surface area is 84.9 Å². The lowest BCUT2D eigenvalue weighted by molar-refractivity contribution is 0.268. The van der Waals surface area contributed by atoms with Gasteiger partial charge in [-0.05, 0) is 25.0 Å². The van der Waals surface area contributed by atoms with Gasteiger partial charge >= 0.3 is 0 Å². The van der Waals surface area contributed by atoms with Gasteiger partial charge in [0.05, 0.1) is 0 Å². The molecule has 0 saturated carbocycles. The van der Waals surface area contributed by atoms with Gasteiger partial charge in [0, 0.05) is 24.9 Å². The van der Waals surface area contributed by atoms with Crippen molar-refractivity contribution in [2.75, 3.05) is 12.3 Å². The fraction of sp³-hybridized carbons (Fsp3) is 0.455. The summed E-state index contributed by atoms with van der Waals surface area (Å²) in [5.74, 6) is 0. The van der Waals surface area contributed by atoms with Crippen molar-refractivity contribution in [3.05, 3.63) is 29.8 Å². The largest absolute Gasteiger partial charge is 0.398 e. The van der Waals surface area contributed by atoms with Crippen molar-refractivity contribution >= 4 is 5.69 Å². The van der Waals surface area contributed by atoms with Crippen molar-refractivity contribution in [3.8, 4) is 0 Å². The minimum absolute atomic E-state index is 0.221. The minimum atomic E-state index is 0.221. The van der Waals surface area contributed by atoms with Gasteiger partial charge in [0.25, 0.3) is 0 Å². The summed E-state index contributed by atoms with van der Waals surface area (Å²) in [5.41, 5.74) is 7.72. The van der Waals surface area contributed by atoms with Crippen LogP contribution in [0.4, 0.5) is 5.69 Å². The zero-order valence-electron chi connectivity index (χ0n) is 8.53. The average molecular weight is 194 g/mol. The van der Waals surface area contributed by atoms with Gasteiger partial charge in [-0.2, -0.15) is 0 Å². The summed E-state index contributed by atoms with van der Waals surface area (Å²) in [6.45, 7) is 3.03. The van der Waals surface area contributed by atoms with Gasteiger partial charge in [-0.25, -0.2) is 0 Å². The van der Waals surface area contributed by atoms with Crippen LogP contribution in [0.3, 0.4) is 0 Å². The number of benzene rings is 1. The van der Waals surface area contributed by atoms with E-state index >= 15 is 0 Å². The number of rotatable bonds is 5. The van der Waals surface area contributed by atoms with Crippen LogP contribution in [-0.2, 0) is 6.54 Å². The third-order valence-electron chi connectivity index (χ3n) is 2.26. The normalized spacial score (nSPS) is 12.7. The maximum Gasteiger partial charge on any atom is 0.0445 e. The summed E-state index contributed by atoms with van der Waals surface area (Å²) in [7, 11) is 0. The van der Waals surface area contributed by atoms with E-state index in [9.17, 15) is 0 Å². The molecule has 4 N–H and O–H groups in total. The zero-order valence-corrected chi connectivity index (χ0v) is 8.53. The minimum Gasteiger partial charge on any atom is -0.398 e. The molecule has 0 spiro atoms. The van der Waals surface area contributed by atoms with Gasteiger partial charge in [0.15, 0.2) is 0 Å². The van der Waals surface area contributed by atoms with E-state index in [-0.39, 0.29) is 6.61 Å².